The molecule has 0 saturated carbocycles. The highest BCUT2D eigenvalue weighted by Crippen LogP contribution is 2.26. The topological polar surface area (TPSA) is 99.7 Å². The second-order valence-electron chi connectivity index (χ2n) is 5.86. The molecule has 2 amide bonds. The van der Waals surface area contributed by atoms with Gasteiger partial charge in [0.2, 0.25) is 11.8 Å². The molecule has 1 fully saturated rings. The number of amides is 2. The van der Waals surface area contributed by atoms with Crippen molar-refractivity contribution in [2.75, 3.05) is 25.0 Å². The molecule has 1 saturated heterocycles. The van der Waals surface area contributed by atoms with Crippen LogP contribution in [0.1, 0.15) is 18.4 Å². The molecule has 1 aromatic rings. The highest BCUT2D eigenvalue weighted by Gasteiger charge is 2.27. The monoisotopic (exact) mass is 319 g/mol. The Hall–Kier alpha value is -2.12. The average molecular weight is 319 g/mol. The van der Waals surface area contributed by atoms with Crippen molar-refractivity contribution in [1.29, 1.82) is 0 Å². The molecule has 2 aliphatic heterocycles. The number of anilines is 1. The summed E-state index contributed by atoms with van der Waals surface area (Å²) in [5, 5.41) is 18.0. The van der Waals surface area contributed by atoms with Crippen molar-refractivity contribution in [1.82, 2.24) is 10.6 Å². The lowest BCUT2D eigenvalue weighted by atomic mass is 10.0. The molecule has 2 atom stereocenters. The van der Waals surface area contributed by atoms with E-state index in [1.165, 1.54) is 0 Å². The molecule has 1 aromatic carbocycles. The van der Waals surface area contributed by atoms with Crippen molar-refractivity contribution in [2.24, 2.45) is 0 Å². The zero-order valence-electron chi connectivity index (χ0n) is 12.8. The molecule has 7 heteroatoms. The Bertz CT molecular complexity index is 605. The Morgan fingerprint density at radius 1 is 1.39 bits per heavy atom. The predicted octanol–water partition coefficient (Wildman–Crippen LogP) is -0.211. The summed E-state index contributed by atoms with van der Waals surface area (Å²) in [5.74, 6) is 0.654. The highest BCUT2D eigenvalue weighted by molar-refractivity contribution is 5.94. The summed E-state index contributed by atoms with van der Waals surface area (Å²) in [6.45, 7) is 1.23. The number of benzene rings is 1. The van der Waals surface area contributed by atoms with Crippen LogP contribution in [0.2, 0.25) is 0 Å². The van der Waals surface area contributed by atoms with Gasteiger partial charge < -0.3 is 25.8 Å². The van der Waals surface area contributed by atoms with E-state index in [1.54, 1.807) is 6.07 Å². The number of hydrogen-bond acceptors (Lipinski definition) is 5. The molecule has 0 aromatic heterocycles. The standard InChI is InChI=1S/C16H21N3O4/c20-11-8-14(18-9-11)16(22)17-5-6-23-12-2-3-13-10(7-12)1-4-15(21)19-13/h2-3,7,11,14,18,20H,1,4-6,8-9H2,(H,17,22)(H,19,21)/t11-,14+/m1/s1. The first-order valence-corrected chi connectivity index (χ1v) is 7.86. The van der Waals surface area contributed by atoms with Crippen LogP contribution in [0.25, 0.3) is 0 Å². The molecule has 0 spiro atoms. The number of rotatable bonds is 5. The number of fused-ring (bicyclic) bond motifs is 1. The van der Waals surface area contributed by atoms with Gasteiger partial charge in [0.15, 0.2) is 0 Å². The fraction of sp³-hybridized carbons (Fsp3) is 0.500. The smallest absolute Gasteiger partial charge is 0.237 e. The van der Waals surface area contributed by atoms with E-state index in [0.29, 0.717) is 39.0 Å². The van der Waals surface area contributed by atoms with Crippen LogP contribution in [-0.4, -0.2) is 48.8 Å². The lowest BCUT2D eigenvalue weighted by molar-refractivity contribution is -0.123. The molecule has 0 aliphatic carbocycles. The van der Waals surface area contributed by atoms with Gasteiger partial charge in [-0.3, -0.25) is 9.59 Å². The number of aliphatic hydroxyl groups is 1. The Morgan fingerprint density at radius 3 is 3.04 bits per heavy atom. The minimum absolute atomic E-state index is 0.0412. The van der Waals surface area contributed by atoms with E-state index >= 15 is 0 Å². The van der Waals surface area contributed by atoms with Crippen LogP contribution in [0.15, 0.2) is 18.2 Å². The Labute approximate surface area is 134 Å². The van der Waals surface area contributed by atoms with Gasteiger partial charge in [0.25, 0.3) is 0 Å². The second kappa shape index (κ2) is 6.97. The average Bonchev–Trinajstić information content (AvgIpc) is 2.98. The number of aryl methyl sites for hydroxylation is 1. The molecule has 23 heavy (non-hydrogen) atoms. The first-order valence-electron chi connectivity index (χ1n) is 7.86. The highest BCUT2D eigenvalue weighted by atomic mass is 16.5. The van der Waals surface area contributed by atoms with Gasteiger partial charge in [-0.05, 0) is 36.6 Å². The maximum absolute atomic E-state index is 11.8. The molecule has 7 nitrogen and oxygen atoms in total. The zero-order chi connectivity index (χ0) is 16.2. The van der Waals surface area contributed by atoms with E-state index in [2.05, 4.69) is 16.0 Å². The fourth-order valence-electron chi connectivity index (χ4n) is 2.83. The number of β-amino-alcohol motifs (C(OH)–C–C–N with tert-alkyl or cyclic N) is 1. The van der Waals surface area contributed by atoms with Crippen LogP contribution in [0.3, 0.4) is 0 Å². The quantitative estimate of drug-likeness (QED) is 0.563. The molecular formula is C16H21N3O4. The number of carbonyl (C=O) groups excluding carboxylic acids is 2. The molecule has 0 radical (unpaired) electrons. The summed E-state index contributed by atoms with van der Waals surface area (Å²) in [7, 11) is 0. The molecule has 0 bridgehead atoms. The first-order chi connectivity index (χ1) is 11.1. The number of aliphatic hydroxyl groups excluding tert-OH is 1. The summed E-state index contributed by atoms with van der Waals surface area (Å²) in [4.78, 5) is 23.2. The molecular weight excluding hydrogens is 298 g/mol. The number of ether oxygens (including phenoxy) is 1. The van der Waals surface area contributed by atoms with Crippen LogP contribution >= 0.6 is 0 Å². The van der Waals surface area contributed by atoms with Gasteiger partial charge in [-0.1, -0.05) is 0 Å². The summed E-state index contributed by atoms with van der Waals surface area (Å²) in [5.41, 5.74) is 1.91. The van der Waals surface area contributed by atoms with Crippen LogP contribution < -0.4 is 20.7 Å². The van der Waals surface area contributed by atoms with Crippen molar-refractivity contribution < 1.29 is 19.4 Å². The van der Waals surface area contributed by atoms with Crippen molar-refractivity contribution in [2.45, 2.75) is 31.4 Å². The molecule has 124 valence electrons. The van der Waals surface area contributed by atoms with Gasteiger partial charge in [0.1, 0.15) is 12.4 Å². The summed E-state index contributed by atoms with van der Waals surface area (Å²) in [6, 6.07) is 5.24. The van der Waals surface area contributed by atoms with E-state index in [4.69, 9.17) is 4.74 Å². The third-order valence-corrected chi connectivity index (χ3v) is 4.07. The first kappa shape index (κ1) is 15.8. The van der Waals surface area contributed by atoms with E-state index in [-0.39, 0.29) is 17.9 Å². The summed E-state index contributed by atoms with van der Waals surface area (Å²) < 4.78 is 5.64. The van der Waals surface area contributed by atoms with E-state index in [9.17, 15) is 14.7 Å². The number of carbonyl (C=O) groups is 2. The zero-order valence-corrected chi connectivity index (χ0v) is 12.8. The fourth-order valence-corrected chi connectivity index (χ4v) is 2.83. The SMILES string of the molecule is O=C1CCc2cc(OCCNC(=O)[C@@H]3C[C@@H](O)CN3)ccc2N1. The number of nitrogens with one attached hydrogen (secondary N) is 3. The van der Waals surface area contributed by atoms with Crippen molar-refractivity contribution >= 4 is 17.5 Å². The van der Waals surface area contributed by atoms with Gasteiger partial charge in [-0.2, -0.15) is 0 Å². The normalized spacial score (nSPS) is 23.1. The largest absolute Gasteiger partial charge is 0.492 e. The maximum Gasteiger partial charge on any atom is 0.237 e. The Morgan fingerprint density at radius 2 is 2.26 bits per heavy atom. The van der Waals surface area contributed by atoms with Crippen molar-refractivity contribution in [3.8, 4) is 5.75 Å². The van der Waals surface area contributed by atoms with Crippen molar-refractivity contribution in [3.05, 3.63) is 23.8 Å². The van der Waals surface area contributed by atoms with E-state index < -0.39 is 6.10 Å². The number of hydrogen-bond donors (Lipinski definition) is 4. The predicted molar refractivity (Wildman–Crippen MR) is 84.3 cm³/mol. The molecule has 2 aliphatic rings. The molecule has 2 heterocycles. The molecule has 4 N–H and O–H groups in total. The second-order valence-corrected chi connectivity index (χ2v) is 5.86. The summed E-state index contributed by atoms with van der Waals surface area (Å²) >= 11 is 0. The minimum Gasteiger partial charge on any atom is -0.492 e. The van der Waals surface area contributed by atoms with Gasteiger partial charge in [0, 0.05) is 18.7 Å². The lowest BCUT2D eigenvalue weighted by Crippen LogP contribution is -2.41. The van der Waals surface area contributed by atoms with Crippen molar-refractivity contribution in [3.63, 3.8) is 0 Å². The Kier molecular flexibility index (Phi) is 4.78. The van der Waals surface area contributed by atoms with Gasteiger partial charge in [-0.15, -0.1) is 0 Å². The third kappa shape index (κ3) is 4.00. The minimum atomic E-state index is -0.446. The summed E-state index contributed by atoms with van der Waals surface area (Å²) in [6.07, 6.45) is 1.21. The van der Waals surface area contributed by atoms with Crippen LogP contribution in [0, 0.1) is 0 Å². The van der Waals surface area contributed by atoms with Gasteiger partial charge in [-0.25, -0.2) is 0 Å². The van der Waals surface area contributed by atoms with Crippen LogP contribution in [-0.2, 0) is 16.0 Å². The lowest BCUT2D eigenvalue weighted by Gasteiger charge is -2.18. The van der Waals surface area contributed by atoms with Gasteiger partial charge in [0.05, 0.1) is 18.7 Å². The van der Waals surface area contributed by atoms with E-state index in [1.807, 2.05) is 12.1 Å². The van der Waals surface area contributed by atoms with Crippen LogP contribution in [0.5, 0.6) is 5.75 Å². The maximum atomic E-state index is 11.8. The van der Waals surface area contributed by atoms with Gasteiger partial charge >= 0.3 is 0 Å². The Balaban J connectivity index is 1.42. The molecule has 3 rings (SSSR count). The molecule has 0 unspecified atom stereocenters. The van der Waals surface area contributed by atoms with Crippen LogP contribution in [0.4, 0.5) is 5.69 Å². The van der Waals surface area contributed by atoms with E-state index in [0.717, 1.165) is 17.0 Å². The third-order valence-electron chi connectivity index (χ3n) is 4.07.